The summed E-state index contributed by atoms with van der Waals surface area (Å²) in [5.41, 5.74) is 5.84. The fourth-order valence-corrected chi connectivity index (χ4v) is 1.69. The van der Waals surface area contributed by atoms with Crippen molar-refractivity contribution in [1.82, 2.24) is 10.4 Å². The Hall–Kier alpha value is -1.90. The summed E-state index contributed by atoms with van der Waals surface area (Å²) in [7, 11) is 0. The maximum atomic E-state index is 7.49. The summed E-state index contributed by atoms with van der Waals surface area (Å²) in [5, 5.41) is 4.26. The molecule has 0 spiro atoms. The number of nitrogens with zero attached hydrogens (tertiary/aromatic N) is 1. The van der Waals surface area contributed by atoms with Crippen molar-refractivity contribution in [2.24, 2.45) is 0 Å². The summed E-state index contributed by atoms with van der Waals surface area (Å²) in [4.78, 5) is 0. The Labute approximate surface area is 101 Å². The van der Waals surface area contributed by atoms with Gasteiger partial charge in [0.2, 0.25) is 0 Å². The van der Waals surface area contributed by atoms with Crippen LogP contribution in [0, 0.1) is 13.8 Å². The Kier molecular flexibility index (Phi) is 1.99. The zero-order valence-corrected chi connectivity index (χ0v) is 9.41. The molecule has 0 bridgehead atoms. The average Bonchev–Trinajstić information content (AvgIpc) is 2.26. The van der Waals surface area contributed by atoms with Crippen molar-refractivity contribution in [1.29, 1.82) is 0 Å². The van der Waals surface area contributed by atoms with E-state index in [4.69, 9.17) is 4.11 Å². The van der Waals surface area contributed by atoms with Crippen LogP contribution < -0.4 is 10.7 Å². The van der Waals surface area contributed by atoms with Crippen LogP contribution in [0.5, 0.6) is 0 Å². The quantitative estimate of drug-likeness (QED) is 0.798. The molecule has 0 saturated carbocycles. The molecule has 0 unspecified atom stereocenters. The fourth-order valence-electron chi connectivity index (χ4n) is 1.69. The number of benzene rings is 1. The molecule has 1 aliphatic rings. The average molecular weight is 218 g/mol. The van der Waals surface area contributed by atoms with Crippen molar-refractivity contribution in [3.05, 3.63) is 53.5 Å². The van der Waals surface area contributed by atoms with Crippen LogP contribution in [-0.2, 0) is 0 Å². The van der Waals surface area contributed by atoms with Gasteiger partial charge in [-0.3, -0.25) is 5.01 Å². The number of aryl methyl sites for hydroxylation is 2. The normalized spacial score (nSPS) is 18.0. The number of hydrogen-bond acceptors (Lipinski definition) is 3. The highest BCUT2D eigenvalue weighted by molar-refractivity contribution is 5.52. The van der Waals surface area contributed by atoms with E-state index in [1.54, 1.807) is 18.4 Å². The van der Waals surface area contributed by atoms with Gasteiger partial charge < -0.3 is 10.7 Å². The van der Waals surface area contributed by atoms with Gasteiger partial charge in [-0.05, 0) is 49.3 Å². The number of hydrazine groups is 1. The lowest BCUT2D eigenvalue weighted by Crippen LogP contribution is -2.34. The van der Waals surface area contributed by atoms with Crippen LogP contribution in [0.25, 0.3) is 0 Å². The first-order valence-corrected chi connectivity index (χ1v) is 5.15. The Bertz CT molecular complexity index is 512. The van der Waals surface area contributed by atoms with Gasteiger partial charge in [0.05, 0.1) is 0 Å². The monoisotopic (exact) mass is 218 g/mol. The minimum Gasteiger partial charge on any atom is -0.341 e. The first kappa shape index (κ1) is 7.39. The van der Waals surface area contributed by atoms with E-state index in [1.807, 2.05) is 26.0 Å². The molecule has 2 N–H and O–H groups in total. The number of hydrogen-bond donors (Lipinski definition) is 2. The van der Waals surface area contributed by atoms with Gasteiger partial charge in [0, 0.05) is 23.0 Å². The summed E-state index contributed by atoms with van der Waals surface area (Å²) >= 11 is 0. The molecule has 0 aliphatic carbocycles. The van der Waals surface area contributed by atoms with E-state index in [9.17, 15) is 0 Å². The number of allylic oxidation sites excluding steroid dienone is 2. The van der Waals surface area contributed by atoms with Crippen LogP contribution in [0.3, 0.4) is 0 Å². The van der Waals surface area contributed by atoms with E-state index in [1.165, 1.54) is 0 Å². The van der Waals surface area contributed by atoms with Crippen molar-refractivity contribution in [3.8, 4) is 0 Å². The van der Waals surface area contributed by atoms with Gasteiger partial charge >= 0.3 is 0 Å². The van der Waals surface area contributed by atoms with Crippen molar-refractivity contribution in [3.63, 3.8) is 0 Å². The van der Waals surface area contributed by atoms with E-state index >= 15 is 0 Å². The molecular formula is C13H17N3. The lowest BCUT2D eigenvalue weighted by molar-refractivity contribution is 0.351. The van der Waals surface area contributed by atoms with Crippen LogP contribution in [0.2, 0.25) is 0 Å². The predicted molar refractivity (Wildman–Crippen MR) is 67.7 cm³/mol. The van der Waals surface area contributed by atoms with E-state index < -0.39 is 6.98 Å². The summed E-state index contributed by atoms with van der Waals surface area (Å²) in [6.07, 6.45) is 5.06. The second-order valence-corrected chi connectivity index (χ2v) is 3.88. The predicted octanol–water partition coefficient (Wildman–Crippen LogP) is 2.52. The highest BCUT2D eigenvalue weighted by atomic mass is 15.5. The molecule has 1 aliphatic heterocycles. The Morgan fingerprint density at radius 3 is 2.69 bits per heavy atom. The Balaban J connectivity index is 2.25. The van der Waals surface area contributed by atoms with Gasteiger partial charge in [0.1, 0.15) is 5.82 Å². The van der Waals surface area contributed by atoms with Crippen LogP contribution in [-0.4, -0.2) is 12.0 Å². The lowest BCUT2D eigenvalue weighted by atomic mass is 10.1. The van der Waals surface area contributed by atoms with Crippen LogP contribution in [0.15, 0.2) is 42.4 Å². The number of nitrogens with one attached hydrogen (secondary N) is 2. The molecule has 0 radical (unpaired) electrons. The van der Waals surface area contributed by atoms with Crippen molar-refractivity contribution in [2.75, 3.05) is 12.3 Å². The molecule has 0 fully saturated rings. The smallest absolute Gasteiger partial charge is 0.124 e. The summed E-state index contributed by atoms with van der Waals surface area (Å²) in [6.45, 7) is 1.77. The fraction of sp³-hybridized carbons (Fsp3) is 0.231. The van der Waals surface area contributed by atoms with E-state index in [-0.39, 0.29) is 0 Å². The largest absolute Gasteiger partial charge is 0.341 e. The van der Waals surface area contributed by atoms with Gasteiger partial charge in [-0.25, -0.2) is 0 Å². The summed E-state index contributed by atoms with van der Waals surface area (Å²) in [5.74, 6) is 0.493. The molecule has 0 saturated heterocycles. The van der Waals surface area contributed by atoms with Crippen LogP contribution in [0.1, 0.15) is 15.2 Å². The van der Waals surface area contributed by atoms with E-state index in [0.717, 1.165) is 21.8 Å². The zero-order chi connectivity index (χ0) is 14.0. The molecule has 1 heterocycles. The third-order valence-electron chi connectivity index (χ3n) is 2.29. The molecule has 3 heteroatoms. The molecule has 84 valence electrons. The molecule has 1 aromatic carbocycles. The van der Waals surface area contributed by atoms with Gasteiger partial charge in [0.15, 0.2) is 0 Å². The van der Waals surface area contributed by atoms with Crippen molar-refractivity contribution >= 4 is 5.69 Å². The topological polar surface area (TPSA) is 27.3 Å². The molecular weight excluding hydrogens is 198 g/mol. The number of anilines is 1. The van der Waals surface area contributed by atoms with Gasteiger partial charge in [-0.2, -0.15) is 0 Å². The number of rotatable bonds is 2. The first-order valence-electron chi connectivity index (χ1n) is 6.65. The second-order valence-electron chi connectivity index (χ2n) is 3.88. The van der Waals surface area contributed by atoms with Gasteiger partial charge in [0.25, 0.3) is 0 Å². The van der Waals surface area contributed by atoms with Crippen LogP contribution >= 0.6 is 0 Å². The SMILES string of the molecule is [2H]C([2H])([2H])N1NC=CC=C1Nc1cc(C)cc(C)c1. The summed E-state index contributed by atoms with van der Waals surface area (Å²) < 4.78 is 22.5. The van der Waals surface area contributed by atoms with E-state index in [0.29, 0.717) is 5.82 Å². The maximum Gasteiger partial charge on any atom is 0.124 e. The van der Waals surface area contributed by atoms with E-state index in [2.05, 4.69) is 16.8 Å². The molecule has 0 aromatic heterocycles. The Morgan fingerprint density at radius 1 is 1.25 bits per heavy atom. The summed E-state index contributed by atoms with van der Waals surface area (Å²) in [6, 6.07) is 6.02. The van der Waals surface area contributed by atoms with Crippen LogP contribution in [0.4, 0.5) is 5.69 Å². The minimum absolute atomic E-state index is 0.493. The molecule has 3 nitrogen and oxygen atoms in total. The molecule has 0 atom stereocenters. The Morgan fingerprint density at radius 2 is 2.00 bits per heavy atom. The second kappa shape index (κ2) is 4.31. The highest BCUT2D eigenvalue weighted by Crippen LogP contribution is 2.17. The molecule has 0 amide bonds. The maximum absolute atomic E-state index is 7.49. The zero-order valence-electron chi connectivity index (χ0n) is 12.4. The molecule has 2 rings (SSSR count). The minimum atomic E-state index is -2.25. The standard InChI is InChI=1S/C13H17N3/c1-10-7-11(2)9-12(8-10)15-13-5-4-6-14-16(13)3/h4-9,14-15H,1-3H3/i3D3. The van der Waals surface area contributed by atoms with Gasteiger partial charge in [-0.1, -0.05) is 6.07 Å². The van der Waals surface area contributed by atoms with Crippen molar-refractivity contribution in [2.45, 2.75) is 13.8 Å². The third-order valence-corrected chi connectivity index (χ3v) is 2.29. The van der Waals surface area contributed by atoms with Gasteiger partial charge in [-0.15, -0.1) is 0 Å². The first-order chi connectivity index (χ1) is 8.86. The van der Waals surface area contributed by atoms with Crippen molar-refractivity contribution < 1.29 is 4.11 Å². The third kappa shape index (κ3) is 2.37. The highest BCUT2D eigenvalue weighted by Gasteiger charge is 2.05. The molecule has 1 aromatic rings. The lowest BCUT2D eigenvalue weighted by Gasteiger charge is -2.25. The molecule has 16 heavy (non-hydrogen) atoms.